The van der Waals surface area contributed by atoms with E-state index in [0.29, 0.717) is 45.1 Å². The van der Waals surface area contributed by atoms with Gasteiger partial charge in [0.2, 0.25) is 10.0 Å². The fourth-order valence-electron chi connectivity index (χ4n) is 2.87. The molecule has 8 heteroatoms. The summed E-state index contributed by atoms with van der Waals surface area (Å²) in [6.45, 7) is 11.0. The van der Waals surface area contributed by atoms with Gasteiger partial charge < -0.3 is 14.6 Å². The lowest BCUT2D eigenvalue weighted by molar-refractivity contribution is -0.0575. The minimum atomic E-state index is -3.51. The Hall–Kier alpha value is -1.19. The minimum absolute atomic E-state index is 0.272. The molecule has 0 amide bonds. The monoisotopic (exact) mass is 400 g/mol. The highest BCUT2D eigenvalue weighted by atomic mass is 32.2. The number of β-amino-alcohol motifs (C(OH)–C–C–N with tert-alkyl or cyclic N) is 1. The van der Waals surface area contributed by atoms with Crippen molar-refractivity contribution in [3.63, 3.8) is 0 Å². The molecule has 27 heavy (non-hydrogen) atoms. The molecule has 2 rings (SSSR count). The van der Waals surface area contributed by atoms with Gasteiger partial charge in [-0.25, -0.2) is 8.42 Å². The van der Waals surface area contributed by atoms with Crippen molar-refractivity contribution in [2.45, 2.75) is 44.3 Å². The third kappa shape index (κ3) is 6.73. The van der Waals surface area contributed by atoms with E-state index in [1.165, 1.54) is 4.31 Å². The van der Waals surface area contributed by atoms with Gasteiger partial charge in [0.05, 0.1) is 29.8 Å². The minimum Gasteiger partial charge on any atom is -0.494 e. The molecular formula is C19H32N2O5S. The molecule has 0 aliphatic carbocycles. The molecule has 7 nitrogen and oxygen atoms in total. The summed E-state index contributed by atoms with van der Waals surface area (Å²) in [6.07, 6.45) is -0.585. The smallest absolute Gasteiger partial charge is 0.243 e. The standard InChI is InChI=1S/C19H32N2O5S/c1-5-25-17-6-8-18(9-7-17)27(23,24)21-12-10-20(11-13-21)14-16(22)15-26-19(2,3)4/h6-9,16,22H,5,10-15H2,1-4H3/t16-/m1/s1. The highest BCUT2D eigenvalue weighted by molar-refractivity contribution is 7.89. The predicted molar refractivity (Wildman–Crippen MR) is 105 cm³/mol. The molecule has 0 aromatic heterocycles. The summed E-state index contributed by atoms with van der Waals surface area (Å²) in [5.41, 5.74) is -0.286. The third-order valence-corrected chi connectivity index (χ3v) is 6.19. The van der Waals surface area contributed by atoms with Gasteiger partial charge in [-0.3, -0.25) is 4.90 Å². The molecule has 154 valence electrons. The van der Waals surface area contributed by atoms with Gasteiger partial charge in [-0.15, -0.1) is 0 Å². The first-order valence-corrected chi connectivity index (χ1v) is 10.8. The van der Waals surface area contributed by atoms with Crippen LogP contribution in [0.4, 0.5) is 0 Å². The number of benzene rings is 1. The Morgan fingerprint density at radius 2 is 1.70 bits per heavy atom. The van der Waals surface area contributed by atoms with E-state index < -0.39 is 16.1 Å². The fraction of sp³-hybridized carbons (Fsp3) is 0.684. The van der Waals surface area contributed by atoms with Crippen LogP contribution in [0.25, 0.3) is 0 Å². The Morgan fingerprint density at radius 1 is 1.11 bits per heavy atom. The van der Waals surface area contributed by atoms with Gasteiger partial charge in [0, 0.05) is 32.7 Å². The van der Waals surface area contributed by atoms with E-state index >= 15 is 0 Å². The summed E-state index contributed by atoms with van der Waals surface area (Å²) in [5.74, 6) is 0.660. The van der Waals surface area contributed by atoms with E-state index in [4.69, 9.17) is 9.47 Å². The van der Waals surface area contributed by atoms with Crippen LogP contribution in [0.2, 0.25) is 0 Å². The van der Waals surface area contributed by atoms with Crippen molar-refractivity contribution in [3.8, 4) is 5.75 Å². The number of nitrogens with zero attached hydrogens (tertiary/aromatic N) is 2. The summed E-state index contributed by atoms with van der Waals surface area (Å²) < 4.78 is 38.0. The van der Waals surface area contributed by atoms with Crippen LogP contribution >= 0.6 is 0 Å². The van der Waals surface area contributed by atoms with Crippen molar-refractivity contribution in [3.05, 3.63) is 24.3 Å². The SMILES string of the molecule is CCOc1ccc(S(=O)(=O)N2CCN(C[C@@H](O)COC(C)(C)C)CC2)cc1. The number of aliphatic hydroxyl groups excluding tert-OH is 1. The molecule has 1 fully saturated rings. The molecule has 1 aromatic carbocycles. The van der Waals surface area contributed by atoms with Crippen LogP contribution in [0.1, 0.15) is 27.7 Å². The van der Waals surface area contributed by atoms with Crippen LogP contribution in [-0.4, -0.2) is 80.4 Å². The first kappa shape index (κ1) is 22.1. The second kappa shape index (κ2) is 9.34. The first-order valence-electron chi connectivity index (χ1n) is 9.39. The van der Waals surface area contributed by atoms with Crippen molar-refractivity contribution in [2.75, 3.05) is 45.9 Å². The van der Waals surface area contributed by atoms with E-state index in [2.05, 4.69) is 4.90 Å². The number of sulfonamides is 1. The molecule has 1 aliphatic heterocycles. The quantitative estimate of drug-likeness (QED) is 0.714. The molecule has 1 aliphatic rings. The molecule has 0 saturated carbocycles. The van der Waals surface area contributed by atoms with E-state index in [0.717, 1.165) is 0 Å². The zero-order valence-electron chi connectivity index (χ0n) is 16.7. The molecule has 0 bridgehead atoms. The Morgan fingerprint density at radius 3 is 2.22 bits per heavy atom. The Balaban J connectivity index is 1.86. The van der Waals surface area contributed by atoms with Gasteiger partial charge in [-0.2, -0.15) is 4.31 Å². The van der Waals surface area contributed by atoms with Crippen LogP contribution in [-0.2, 0) is 14.8 Å². The maximum atomic E-state index is 12.8. The normalized spacial score (nSPS) is 18.4. The van der Waals surface area contributed by atoms with Crippen molar-refractivity contribution >= 4 is 10.0 Å². The van der Waals surface area contributed by atoms with Gasteiger partial charge in [0.25, 0.3) is 0 Å². The lowest BCUT2D eigenvalue weighted by atomic mass is 10.2. The number of ether oxygens (including phenoxy) is 2. The zero-order chi connectivity index (χ0) is 20.1. The van der Waals surface area contributed by atoms with Gasteiger partial charge >= 0.3 is 0 Å². The summed E-state index contributed by atoms with van der Waals surface area (Å²) in [5, 5.41) is 10.1. The highest BCUT2D eigenvalue weighted by Gasteiger charge is 2.29. The Bertz CT molecular complexity index is 677. The number of aliphatic hydroxyl groups is 1. The lowest BCUT2D eigenvalue weighted by Crippen LogP contribution is -2.50. The molecule has 1 atom stereocenters. The van der Waals surface area contributed by atoms with E-state index in [-0.39, 0.29) is 17.1 Å². The molecule has 1 heterocycles. The van der Waals surface area contributed by atoms with Crippen molar-refractivity contribution in [1.29, 1.82) is 0 Å². The van der Waals surface area contributed by atoms with Gasteiger partial charge in [-0.1, -0.05) is 0 Å². The van der Waals surface area contributed by atoms with Crippen molar-refractivity contribution in [2.24, 2.45) is 0 Å². The summed E-state index contributed by atoms with van der Waals surface area (Å²) in [6, 6.07) is 6.52. The second-order valence-corrected chi connectivity index (χ2v) is 9.62. The molecule has 1 saturated heterocycles. The van der Waals surface area contributed by atoms with Crippen LogP contribution in [0.15, 0.2) is 29.2 Å². The molecule has 0 unspecified atom stereocenters. The zero-order valence-corrected chi connectivity index (χ0v) is 17.5. The average molecular weight is 401 g/mol. The average Bonchev–Trinajstić information content (AvgIpc) is 2.61. The van der Waals surface area contributed by atoms with E-state index in [1.54, 1.807) is 24.3 Å². The van der Waals surface area contributed by atoms with Crippen LogP contribution < -0.4 is 4.74 Å². The summed E-state index contributed by atoms with van der Waals surface area (Å²) in [7, 11) is -3.51. The van der Waals surface area contributed by atoms with Crippen LogP contribution in [0.5, 0.6) is 5.75 Å². The molecule has 1 aromatic rings. The van der Waals surface area contributed by atoms with E-state index in [9.17, 15) is 13.5 Å². The molecular weight excluding hydrogens is 368 g/mol. The largest absolute Gasteiger partial charge is 0.494 e. The van der Waals surface area contributed by atoms with Crippen LogP contribution in [0, 0.1) is 0 Å². The Kier molecular flexibility index (Phi) is 7.64. The van der Waals surface area contributed by atoms with Gasteiger partial charge in [0.1, 0.15) is 5.75 Å². The summed E-state index contributed by atoms with van der Waals surface area (Å²) >= 11 is 0. The molecule has 0 radical (unpaired) electrons. The molecule has 1 N–H and O–H groups in total. The number of rotatable bonds is 8. The number of hydrogen-bond acceptors (Lipinski definition) is 6. The third-order valence-electron chi connectivity index (χ3n) is 4.28. The van der Waals surface area contributed by atoms with Crippen LogP contribution in [0.3, 0.4) is 0 Å². The fourth-order valence-corrected chi connectivity index (χ4v) is 4.30. The lowest BCUT2D eigenvalue weighted by Gasteiger charge is -2.35. The van der Waals surface area contributed by atoms with Gasteiger partial charge in [-0.05, 0) is 52.0 Å². The topological polar surface area (TPSA) is 79.3 Å². The predicted octanol–water partition coefficient (Wildman–Crippen LogP) is 1.57. The van der Waals surface area contributed by atoms with Crippen molar-refractivity contribution in [1.82, 2.24) is 9.21 Å². The number of hydrogen-bond donors (Lipinski definition) is 1. The first-order chi connectivity index (χ1) is 12.6. The van der Waals surface area contributed by atoms with Gasteiger partial charge in [0.15, 0.2) is 0 Å². The molecule has 0 spiro atoms. The maximum Gasteiger partial charge on any atom is 0.243 e. The Labute approximate surface area is 162 Å². The highest BCUT2D eigenvalue weighted by Crippen LogP contribution is 2.21. The van der Waals surface area contributed by atoms with Crippen molar-refractivity contribution < 1.29 is 23.0 Å². The summed E-state index contributed by atoms with van der Waals surface area (Å²) in [4.78, 5) is 2.35. The number of piperazine rings is 1. The van der Waals surface area contributed by atoms with E-state index in [1.807, 2.05) is 27.7 Å². The second-order valence-electron chi connectivity index (χ2n) is 7.69. The maximum absolute atomic E-state index is 12.8.